The van der Waals surface area contributed by atoms with E-state index in [1.165, 1.54) is 24.3 Å². The molecular formula is C58H62F2N4O12. The van der Waals surface area contributed by atoms with Gasteiger partial charge in [0.25, 0.3) is 0 Å². The molecule has 2 amide bonds. The first-order valence-electron chi connectivity index (χ1n) is 26.1. The molecule has 4 heterocycles. The first-order chi connectivity index (χ1) is 36.6. The summed E-state index contributed by atoms with van der Waals surface area (Å²) in [6.07, 6.45) is 16.0. The molecule has 6 aliphatic rings. The number of esters is 2. The number of hydrogen-bond donors (Lipinski definition) is 4. The number of aliphatic carboxylic acids is 2. The zero-order valence-corrected chi connectivity index (χ0v) is 42.2. The van der Waals surface area contributed by atoms with Crippen LogP contribution in [0.3, 0.4) is 0 Å². The number of fused-ring (bicyclic) bond motifs is 4. The molecule has 14 atom stereocenters. The van der Waals surface area contributed by atoms with E-state index in [2.05, 4.69) is 32.8 Å². The molecule has 16 nitrogen and oxygen atoms in total. The summed E-state index contributed by atoms with van der Waals surface area (Å²) < 4.78 is 48.0. The molecule has 6 fully saturated rings. The van der Waals surface area contributed by atoms with Gasteiger partial charge in [-0.25, -0.2) is 28.0 Å². The number of ether oxygens (including phenoxy) is 4. The predicted octanol–water partition coefficient (Wildman–Crippen LogP) is 9.39. The number of rotatable bonds is 12. The Morgan fingerprint density at radius 3 is 1.39 bits per heavy atom. The van der Waals surface area contributed by atoms with Gasteiger partial charge in [-0.15, -0.1) is 0 Å². The van der Waals surface area contributed by atoms with Crippen LogP contribution in [0, 0.1) is 70.8 Å². The number of halogens is 2. The topological polar surface area (TPSA) is 230 Å². The molecule has 2 aliphatic heterocycles. The number of carboxylic acid groups (broad SMARTS) is 2. The number of hydrogen-bond acceptors (Lipinski definition) is 12. The average Bonchev–Trinajstić information content (AvgIpc) is 3.89. The van der Waals surface area contributed by atoms with Crippen molar-refractivity contribution in [2.24, 2.45) is 59.2 Å². The summed E-state index contributed by atoms with van der Waals surface area (Å²) in [6.45, 7) is 2.56. The fraction of sp³-hybridized carbons (Fsp3) is 0.448. The van der Waals surface area contributed by atoms with E-state index in [1.807, 2.05) is 62.4 Å². The van der Waals surface area contributed by atoms with Crippen molar-refractivity contribution >= 4 is 48.2 Å². The highest BCUT2D eigenvalue weighted by molar-refractivity contribution is 5.77. The number of aromatic nitrogens is 2. The number of carbonyl (C=O) groups excluding carboxylic acids is 4. The smallest absolute Gasteiger partial charge is 0.407 e. The van der Waals surface area contributed by atoms with Crippen molar-refractivity contribution in [2.45, 2.75) is 89.5 Å². The highest BCUT2D eigenvalue weighted by Gasteiger charge is 2.56. The van der Waals surface area contributed by atoms with Crippen LogP contribution in [0.5, 0.6) is 0 Å². The van der Waals surface area contributed by atoms with Gasteiger partial charge in [-0.3, -0.25) is 19.6 Å². The minimum absolute atomic E-state index is 0.0802. The second-order valence-corrected chi connectivity index (χ2v) is 21.1. The molecule has 0 bridgehead atoms. The van der Waals surface area contributed by atoms with Crippen molar-refractivity contribution in [3.8, 4) is 22.3 Å². The van der Waals surface area contributed by atoms with Crippen molar-refractivity contribution in [1.29, 1.82) is 0 Å². The van der Waals surface area contributed by atoms with Gasteiger partial charge in [-0.2, -0.15) is 0 Å². The molecule has 2 saturated heterocycles. The zero-order chi connectivity index (χ0) is 53.6. The zero-order valence-electron chi connectivity index (χ0n) is 42.2. The van der Waals surface area contributed by atoms with E-state index >= 15 is 0 Å². The number of carbonyl (C=O) groups is 6. The van der Waals surface area contributed by atoms with E-state index in [1.54, 1.807) is 24.5 Å². The standard InChI is InChI=1S/2C29H31FN2O6/c2*1-16-27-24(10-7-21-6-5-18(14-31-21)17-3-2-4-20(30)11-17)23-9-8-22(32-29(36)37-15-26(33)34)12-19(23)13-25(27)28(35)38-16/h2*2-7,10-11,14,16,19,22-25,27H,8-9,12-13,15H2,1H3,(H,32,36)(H,33,34)/b2*10-7+/t16-,19+,22+,23-,24+,25-,27+;16-,19+,22-,23-,24+,25-,27+/m11/s1. The fourth-order valence-corrected chi connectivity index (χ4v) is 13.3. The summed E-state index contributed by atoms with van der Waals surface area (Å²) in [4.78, 5) is 79.8. The number of cyclic esters (lactones) is 2. The molecule has 2 aromatic carbocycles. The van der Waals surface area contributed by atoms with Gasteiger partial charge in [0.15, 0.2) is 13.2 Å². The minimum atomic E-state index is -1.20. The highest BCUT2D eigenvalue weighted by atomic mass is 19.1. The monoisotopic (exact) mass is 1040 g/mol. The molecular weight excluding hydrogens is 983 g/mol. The van der Waals surface area contributed by atoms with Crippen LogP contribution in [0.1, 0.15) is 76.6 Å². The van der Waals surface area contributed by atoms with Crippen molar-refractivity contribution in [3.05, 3.63) is 120 Å². The number of carboxylic acids is 2. The van der Waals surface area contributed by atoms with Gasteiger partial charge in [-0.05, 0) is 160 Å². The third kappa shape index (κ3) is 12.6. The van der Waals surface area contributed by atoms with Gasteiger partial charge in [0.1, 0.15) is 23.8 Å². The second-order valence-electron chi connectivity index (χ2n) is 21.1. The number of nitrogens with one attached hydrogen (secondary N) is 2. The highest BCUT2D eigenvalue weighted by Crippen LogP contribution is 2.55. The van der Waals surface area contributed by atoms with Gasteiger partial charge < -0.3 is 39.8 Å². The van der Waals surface area contributed by atoms with Crippen LogP contribution in [0.15, 0.2) is 97.3 Å². The van der Waals surface area contributed by atoms with Crippen molar-refractivity contribution in [3.63, 3.8) is 0 Å². The summed E-state index contributed by atoms with van der Waals surface area (Å²) in [7, 11) is 0. The van der Waals surface area contributed by atoms with Crippen LogP contribution >= 0.6 is 0 Å². The van der Waals surface area contributed by atoms with E-state index in [9.17, 15) is 37.5 Å². The Morgan fingerprint density at radius 1 is 0.605 bits per heavy atom. The van der Waals surface area contributed by atoms with Crippen LogP contribution in [0.2, 0.25) is 0 Å². The average molecular weight is 1050 g/mol. The molecule has 0 spiro atoms. The van der Waals surface area contributed by atoms with E-state index in [4.69, 9.17) is 29.2 Å². The molecule has 4 aromatic rings. The normalized spacial score (nSPS) is 30.3. The molecule has 4 aliphatic carbocycles. The lowest BCUT2D eigenvalue weighted by Crippen LogP contribution is -2.48. The SMILES string of the molecule is C[C@H]1OC(=O)[C@@H]2C[C@@H]3C[C@@H](NC(=O)OCC(=O)O)CC[C@H]3[C@H](/C=C/c3ccc(-c4cccc(F)c4)cn3)[C@H]12.C[C@H]1OC(=O)[C@@H]2C[C@@H]3C[C@H](NC(=O)OCC(=O)O)CC[C@H]3[C@H](/C=C/c3ccc(-c4cccc(F)c4)cn3)[C@H]12. The number of allylic oxidation sites excluding steroid dienone is 2. The Morgan fingerprint density at radius 2 is 1.03 bits per heavy atom. The molecule has 10 rings (SSSR count). The lowest BCUT2D eigenvalue weighted by molar-refractivity contribution is -0.145. The summed E-state index contributed by atoms with van der Waals surface area (Å²) in [5.74, 6) is -2.24. The lowest BCUT2D eigenvalue weighted by Gasteiger charge is -2.47. The molecule has 0 unspecified atom stereocenters. The molecule has 4 N–H and O–H groups in total. The second kappa shape index (κ2) is 23.6. The Balaban J connectivity index is 0.000000186. The van der Waals surface area contributed by atoms with Crippen LogP contribution in [-0.2, 0) is 38.1 Å². The summed E-state index contributed by atoms with van der Waals surface area (Å²) in [6, 6.07) is 20.2. The van der Waals surface area contributed by atoms with Crippen LogP contribution in [0.25, 0.3) is 34.4 Å². The predicted molar refractivity (Wildman–Crippen MR) is 272 cm³/mol. The molecule has 76 heavy (non-hydrogen) atoms. The molecule has 18 heteroatoms. The Bertz CT molecular complexity index is 2650. The molecule has 2 aromatic heterocycles. The maximum absolute atomic E-state index is 13.6. The van der Waals surface area contributed by atoms with E-state index in [-0.39, 0.29) is 95.2 Å². The van der Waals surface area contributed by atoms with Crippen molar-refractivity contribution in [1.82, 2.24) is 20.6 Å². The maximum Gasteiger partial charge on any atom is 0.407 e. The van der Waals surface area contributed by atoms with Gasteiger partial charge in [0.05, 0.1) is 23.2 Å². The Kier molecular flexibility index (Phi) is 16.6. The number of alkyl carbamates (subject to hydrolysis) is 2. The Labute approximate surface area is 438 Å². The minimum Gasteiger partial charge on any atom is -0.479 e. The third-order valence-corrected chi connectivity index (χ3v) is 16.5. The van der Waals surface area contributed by atoms with Crippen molar-refractivity contribution in [2.75, 3.05) is 13.2 Å². The van der Waals surface area contributed by atoms with E-state index in [0.29, 0.717) is 37.5 Å². The Hall–Kier alpha value is -7.50. The summed E-state index contributed by atoms with van der Waals surface area (Å²) >= 11 is 0. The van der Waals surface area contributed by atoms with Gasteiger partial charge >= 0.3 is 36.1 Å². The number of amides is 2. The number of pyridine rings is 2. The summed E-state index contributed by atoms with van der Waals surface area (Å²) in [5.41, 5.74) is 4.74. The van der Waals surface area contributed by atoms with Crippen LogP contribution in [-0.4, -0.2) is 93.8 Å². The first-order valence-corrected chi connectivity index (χ1v) is 26.1. The van der Waals surface area contributed by atoms with Gasteiger partial charge in [-0.1, -0.05) is 48.6 Å². The quantitative estimate of drug-likeness (QED) is 0.0766. The van der Waals surface area contributed by atoms with Gasteiger partial charge in [0, 0.05) is 47.4 Å². The molecule has 400 valence electrons. The van der Waals surface area contributed by atoms with Crippen LogP contribution in [0.4, 0.5) is 18.4 Å². The first kappa shape index (κ1) is 53.3. The fourth-order valence-electron chi connectivity index (χ4n) is 13.3. The lowest BCUT2D eigenvalue weighted by atomic mass is 9.57. The molecule has 0 radical (unpaired) electrons. The van der Waals surface area contributed by atoms with Crippen molar-refractivity contribution < 1.29 is 66.7 Å². The number of benzene rings is 2. The largest absolute Gasteiger partial charge is 0.479 e. The number of nitrogens with zero attached hydrogens (tertiary/aromatic N) is 2. The van der Waals surface area contributed by atoms with E-state index in [0.717, 1.165) is 59.3 Å². The van der Waals surface area contributed by atoms with Crippen LogP contribution < -0.4 is 10.6 Å². The molecule has 4 saturated carbocycles. The third-order valence-electron chi connectivity index (χ3n) is 16.5. The van der Waals surface area contributed by atoms with E-state index < -0.39 is 37.3 Å². The van der Waals surface area contributed by atoms with Gasteiger partial charge in [0.2, 0.25) is 0 Å². The maximum atomic E-state index is 13.6. The summed E-state index contributed by atoms with van der Waals surface area (Å²) in [5, 5.41) is 23.0.